The average molecular weight is 412 g/mol. The minimum Gasteiger partial charge on any atom is -0.362 e. The topological polar surface area (TPSA) is 80.1 Å². The largest absolute Gasteiger partial charge is 0.362 e. The van der Waals surface area contributed by atoms with Crippen molar-refractivity contribution in [3.8, 4) is 0 Å². The molecule has 0 aliphatic heterocycles. The van der Waals surface area contributed by atoms with Gasteiger partial charge in [0, 0.05) is 50.2 Å². The van der Waals surface area contributed by atoms with Crippen LogP contribution in [0.25, 0.3) is 10.2 Å². The minimum absolute atomic E-state index is 0.0237. The molecule has 1 amide bonds. The Balaban J connectivity index is 1.43. The van der Waals surface area contributed by atoms with Crippen LogP contribution in [-0.2, 0) is 30.7 Å². The normalized spacial score (nSPS) is 13.3. The van der Waals surface area contributed by atoms with Gasteiger partial charge >= 0.3 is 0 Å². The second-order valence-electron chi connectivity index (χ2n) is 7.54. The minimum atomic E-state index is -0.0992. The van der Waals surface area contributed by atoms with Crippen molar-refractivity contribution in [3.05, 3.63) is 51.0 Å². The fourth-order valence-corrected chi connectivity index (χ4v) is 5.04. The molecule has 3 aromatic heterocycles. The summed E-state index contributed by atoms with van der Waals surface area (Å²) in [6.07, 6.45) is 7.85. The van der Waals surface area contributed by atoms with Crippen molar-refractivity contribution in [2.45, 2.75) is 45.2 Å². The number of hydrogen-bond donors (Lipinski definition) is 1. The van der Waals surface area contributed by atoms with Gasteiger partial charge in [-0.15, -0.1) is 11.3 Å². The van der Waals surface area contributed by atoms with Crippen molar-refractivity contribution in [2.24, 2.45) is 0 Å². The third-order valence-corrected chi connectivity index (χ3v) is 6.49. The third kappa shape index (κ3) is 4.03. The van der Waals surface area contributed by atoms with E-state index in [4.69, 9.17) is 0 Å². The maximum atomic E-state index is 13.0. The van der Waals surface area contributed by atoms with Crippen molar-refractivity contribution in [1.82, 2.24) is 19.9 Å². The van der Waals surface area contributed by atoms with Gasteiger partial charge in [-0.2, -0.15) is 0 Å². The van der Waals surface area contributed by atoms with E-state index in [2.05, 4.69) is 15.3 Å². The summed E-state index contributed by atoms with van der Waals surface area (Å²) < 4.78 is 1.57. The number of aromatic nitrogens is 3. The number of thiophene rings is 1. The van der Waals surface area contributed by atoms with Gasteiger partial charge in [-0.3, -0.25) is 14.2 Å². The lowest BCUT2D eigenvalue weighted by molar-refractivity contribution is -0.121. The number of pyridine rings is 1. The molecule has 7 nitrogen and oxygen atoms in total. The first-order valence-electron chi connectivity index (χ1n) is 9.92. The van der Waals surface area contributed by atoms with Crippen LogP contribution in [0.2, 0.25) is 0 Å². The van der Waals surface area contributed by atoms with Crippen LogP contribution in [-0.4, -0.2) is 34.5 Å². The van der Waals surface area contributed by atoms with Gasteiger partial charge in [0.25, 0.3) is 5.56 Å². The van der Waals surface area contributed by atoms with E-state index < -0.39 is 0 Å². The molecule has 1 aliphatic carbocycles. The van der Waals surface area contributed by atoms with E-state index in [-0.39, 0.29) is 17.9 Å². The van der Waals surface area contributed by atoms with E-state index >= 15 is 0 Å². The number of anilines is 1. The Morgan fingerprint density at radius 2 is 2.10 bits per heavy atom. The van der Waals surface area contributed by atoms with E-state index in [9.17, 15) is 9.59 Å². The summed E-state index contributed by atoms with van der Waals surface area (Å²) in [5.74, 6) is 0.735. The molecule has 152 valence electrons. The Bertz CT molecular complexity index is 1100. The van der Waals surface area contributed by atoms with Gasteiger partial charge in [-0.1, -0.05) is 6.07 Å². The predicted molar refractivity (Wildman–Crippen MR) is 116 cm³/mol. The second-order valence-corrected chi connectivity index (χ2v) is 8.63. The van der Waals surface area contributed by atoms with Crippen LogP contribution < -0.4 is 15.8 Å². The van der Waals surface area contributed by atoms with E-state index in [0.717, 1.165) is 40.9 Å². The maximum absolute atomic E-state index is 13.0. The fourth-order valence-electron chi connectivity index (χ4n) is 3.82. The molecular weight excluding hydrogens is 386 g/mol. The van der Waals surface area contributed by atoms with Crippen LogP contribution in [0, 0.1) is 0 Å². The number of hydrogen-bond acceptors (Lipinski definition) is 6. The van der Waals surface area contributed by atoms with Gasteiger partial charge in [0.15, 0.2) is 0 Å². The first-order valence-corrected chi connectivity index (χ1v) is 10.7. The lowest BCUT2D eigenvalue weighted by Crippen LogP contribution is -2.28. The van der Waals surface area contributed by atoms with Crippen LogP contribution in [0.1, 0.15) is 35.3 Å². The number of nitrogens with zero attached hydrogens (tertiary/aromatic N) is 4. The van der Waals surface area contributed by atoms with Crippen molar-refractivity contribution < 1.29 is 4.79 Å². The van der Waals surface area contributed by atoms with Gasteiger partial charge < -0.3 is 10.2 Å². The van der Waals surface area contributed by atoms with Crippen LogP contribution in [0.3, 0.4) is 0 Å². The molecule has 0 atom stereocenters. The summed E-state index contributed by atoms with van der Waals surface area (Å²) in [7, 11) is 3.85. The van der Waals surface area contributed by atoms with Gasteiger partial charge in [-0.05, 0) is 37.3 Å². The van der Waals surface area contributed by atoms with Crippen molar-refractivity contribution >= 4 is 33.3 Å². The smallest absolute Gasteiger partial charge is 0.262 e. The molecule has 0 aromatic carbocycles. The number of carbonyl (C=O) groups excluding carboxylic acids is 1. The molecule has 0 fully saturated rings. The Kier molecular flexibility index (Phi) is 5.62. The molecular formula is C21H25N5O2S. The molecule has 29 heavy (non-hydrogen) atoms. The molecule has 1 N–H and O–H groups in total. The summed E-state index contributed by atoms with van der Waals surface area (Å²) in [5.41, 5.74) is 2.11. The zero-order valence-electron chi connectivity index (χ0n) is 16.8. The number of nitrogens with one attached hydrogen (secondary N) is 1. The summed E-state index contributed by atoms with van der Waals surface area (Å²) in [6.45, 7) is 0.732. The SMILES string of the molecule is CN(C)c1ncccc1CNC(=O)CCn1cnc2sc3c(c2c1=O)CCCC3. The zero-order valence-corrected chi connectivity index (χ0v) is 17.6. The summed E-state index contributed by atoms with van der Waals surface area (Å²) in [6, 6.07) is 3.81. The molecule has 0 saturated heterocycles. The molecule has 3 heterocycles. The number of amides is 1. The van der Waals surface area contributed by atoms with Crippen molar-refractivity contribution in [3.63, 3.8) is 0 Å². The number of carbonyl (C=O) groups is 1. The molecule has 0 spiro atoms. The highest BCUT2D eigenvalue weighted by atomic mass is 32.1. The Morgan fingerprint density at radius 3 is 2.93 bits per heavy atom. The quantitative estimate of drug-likeness (QED) is 0.674. The van der Waals surface area contributed by atoms with E-state index in [1.807, 2.05) is 31.1 Å². The van der Waals surface area contributed by atoms with Gasteiger partial charge in [-0.25, -0.2) is 9.97 Å². The van der Waals surface area contributed by atoms with Gasteiger partial charge in [0.05, 0.1) is 11.7 Å². The Labute approximate surface area is 173 Å². The first-order chi connectivity index (χ1) is 14.0. The summed E-state index contributed by atoms with van der Waals surface area (Å²) in [4.78, 5) is 38.2. The van der Waals surface area contributed by atoms with Gasteiger partial charge in [0.2, 0.25) is 5.91 Å². The molecule has 0 radical (unpaired) electrons. The fraction of sp³-hybridized carbons (Fsp3) is 0.429. The Morgan fingerprint density at radius 1 is 1.28 bits per heavy atom. The number of fused-ring (bicyclic) bond motifs is 3. The monoisotopic (exact) mass is 411 g/mol. The predicted octanol–water partition coefficient (Wildman–Crippen LogP) is 2.50. The summed E-state index contributed by atoms with van der Waals surface area (Å²) in [5, 5.41) is 3.69. The Hall–Kier alpha value is -2.74. The highest BCUT2D eigenvalue weighted by molar-refractivity contribution is 7.18. The van der Waals surface area contributed by atoms with E-state index in [1.165, 1.54) is 16.9 Å². The van der Waals surface area contributed by atoms with Crippen molar-refractivity contribution in [2.75, 3.05) is 19.0 Å². The maximum Gasteiger partial charge on any atom is 0.262 e. The van der Waals surface area contributed by atoms with E-state index in [0.29, 0.717) is 13.1 Å². The third-order valence-electron chi connectivity index (χ3n) is 5.29. The highest BCUT2D eigenvalue weighted by Crippen LogP contribution is 2.33. The van der Waals surface area contributed by atoms with Crippen LogP contribution in [0.5, 0.6) is 0 Å². The lowest BCUT2D eigenvalue weighted by atomic mass is 9.97. The number of aryl methyl sites for hydroxylation is 3. The molecule has 0 bridgehead atoms. The second kappa shape index (κ2) is 8.32. The van der Waals surface area contributed by atoms with Crippen LogP contribution in [0.4, 0.5) is 5.82 Å². The van der Waals surface area contributed by atoms with Crippen molar-refractivity contribution in [1.29, 1.82) is 0 Å². The molecule has 8 heteroatoms. The molecule has 4 rings (SSSR count). The standard InChI is InChI=1S/C21H25N5O2S/c1-25(2)19-14(6-5-10-22-19)12-23-17(27)9-11-26-13-24-20-18(21(26)28)15-7-3-4-8-16(15)29-20/h5-6,10,13H,3-4,7-9,11-12H2,1-2H3,(H,23,27). The van der Waals surface area contributed by atoms with Crippen LogP contribution >= 0.6 is 11.3 Å². The average Bonchev–Trinajstić information content (AvgIpc) is 3.11. The molecule has 0 saturated carbocycles. The zero-order chi connectivity index (χ0) is 20.4. The number of rotatable bonds is 6. The summed E-state index contributed by atoms with van der Waals surface area (Å²) >= 11 is 1.64. The first kappa shape index (κ1) is 19.6. The van der Waals surface area contributed by atoms with Gasteiger partial charge in [0.1, 0.15) is 10.6 Å². The van der Waals surface area contributed by atoms with Crippen LogP contribution in [0.15, 0.2) is 29.5 Å². The molecule has 1 aliphatic rings. The van der Waals surface area contributed by atoms with E-state index in [1.54, 1.807) is 28.4 Å². The molecule has 3 aromatic rings. The lowest BCUT2D eigenvalue weighted by Gasteiger charge is -2.16. The highest BCUT2D eigenvalue weighted by Gasteiger charge is 2.20. The molecule has 0 unspecified atom stereocenters.